The molecule has 0 saturated heterocycles. The lowest BCUT2D eigenvalue weighted by atomic mass is 10.2. The van der Waals surface area contributed by atoms with Crippen LogP contribution in [-0.4, -0.2) is 31.1 Å². The minimum absolute atomic E-state index is 0.479. The fourth-order valence-electron chi connectivity index (χ4n) is 1.33. The molecule has 0 aliphatic heterocycles. The Morgan fingerprint density at radius 2 is 1.71 bits per heavy atom. The van der Waals surface area contributed by atoms with Crippen molar-refractivity contribution >= 4 is 11.6 Å². The second-order valence-corrected chi connectivity index (χ2v) is 4.18. The largest absolute Gasteiger partial charge is 0.423 e. The van der Waals surface area contributed by atoms with E-state index < -0.39 is 40.8 Å². The van der Waals surface area contributed by atoms with Crippen LogP contribution in [0, 0.1) is 17.5 Å². The molecular formula is C12H10F6N2O. The predicted molar refractivity (Wildman–Crippen MR) is 62.8 cm³/mol. The molecule has 0 saturated carbocycles. The van der Waals surface area contributed by atoms with E-state index in [2.05, 4.69) is 0 Å². The van der Waals surface area contributed by atoms with E-state index in [0.29, 0.717) is 18.3 Å². The van der Waals surface area contributed by atoms with Gasteiger partial charge in [0.2, 0.25) is 0 Å². The number of nitrogens with one attached hydrogen (secondary N) is 1. The van der Waals surface area contributed by atoms with Gasteiger partial charge in [-0.05, 0) is 12.1 Å². The maximum absolute atomic E-state index is 13.3. The summed E-state index contributed by atoms with van der Waals surface area (Å²) in [6, 6.07) is 1.10. The van der Waals surface area contributed by atoms with E-state index in [9.17, 15) is 31.1 Å². The summed E-state index contributed by atoms with van der Waals surface area (Å²) in [7, 11) is 2.49. The van der Waals surface area contributed by atoms with Gasteiger partial charge in [-0.15, -0.1) is 0 Å². The standard InChI is InChI=1S/C12H10F6N2O/c1-20(2)5-6(12(16,17)18)11(21)19-8-4-3-7(13)9(14)10(8)15/h3-5H,1-2H3,(H,19,21). The fraction of sp³-hybridized carbons (Fsp3) is 0.250. The molecule has 0 heterocycles. The van der Waals surface area contributed by atoms with E-state index in [4.69, 9.17) is 0 Å². The molecule has 1 N–H and O–H groups in total. The molecule has 0 aromatic heterocycles. The third kappa shape index (κ3) is 4.14. The summed E-state index contributed by atoms with van der Waals surface area (Å²) in [5.74, 6) is -6.89. The third-order valence-electron chi connectivity index (χ3n) is 2.22. The van der Waals surface area contributed by atoms with E-state index in [-0.39, 0.29) is 0 Å². The molecule has 0 radical (unpaired) electrons. The zero-order valence-corrected chi connectivity index (χ0v) is 10.9. The lowest BCUT2D eigenvalue weighted by Gasteiger charge is -2.15. The second-order valence-electron chi connectivity index (χ2n) is 4.18. The Morgan fingerprint density at radius 1 is 1.14 bits per heavy atom. The first kappa shape index (κ1) is 16.9. The van der Waals surface area contributed by atoms with Crippen molar-refractivity contribution in [2.24, 2.45) is 0 Å². The number of carbonyl (C=O) groups excluding carboxylic acids is 1. The van der Waals surface area contributed by atoms with E-state index in [1.165, 1.54) is 14.1 Å². The molecule has 1 aromatic rings. The van der Waals surface area contributed by atoms with Crippen LogP contribution in [0.25, 0.3) is 0 Å². The average Bonchev–Trinajstić information content (AvgIpc) is 2.35. The Hall–Kier alpha value is -2.19. The summed E-state index contributed by atoms with van der Waals surface area (Å²) >= 11 is 0. The predicted octanol–water partition coefficient (Wildman–Crippen LogP) is 3.05. The van der Waals surface area contributed by atoms with Crippen LogP contribution < -0.4 is 5.32 Å². The molecule has 1 rings (SSSR count). The van der Waals surface area contributed by atoms with Crippen molar-refractivity contribution in [3.8, 4) is 0 Å². The van der Waals surface area contributed by atoms with Crippen LogP contribution >= 0.6 is 0 Å². The highest BCUT2D eigenvalue weighted by Crippen LogP contribution is 2.28. The first-order valence-electron chi connectivity index (χ1n) is 5.44. The van der Waals surface area contributed by atoms with Crippen LogP contribution in [0.2, 0.25) is 0 Å². The van der Waals surface area contributed by atoms with Gasteiger partial charge in [-0.2, -0.15) is 13.2 Å². The van der Waals surface area contributed by atoms with E-state index in [1.807, 2.05) is 0 Å². The van der Waals surface area contributed by atoms with Crippen LogP contribution in [-0.2, 0) is 4.79 Å². The fourth-order valence-corrected chi connectivity index (χ4v) is 1.33. The van der Waals surface area contributed by atoms with Gasteiger partial charge < -0.3 is 10.2 Å². The first-order chi connectivity index (χ1) is 9.54. The van der Waals surface area contributed by atoms with Gasteiger partial charge in [-0.3, -0.25) is 4.79 Å². The van der Waals surface area contributed by atoms with Crippen molar-refractivity contribution in [3.63, 3.8) is 0 Å². The number of carbonyl (C=O) groups is 1. The number of halogens is 6. The topological polar surface area (TPSA) is 32.3 Å². The van der Waals surface area contributed by atoms with Crippen molar-refractivity contribution in [3.05, 3.63) is 41.4 Å². The van der Waals surface area contributed by atoms with Gasteiger partial charge in [0.1, 0.15) is 5.57 Å². The van der Waals surface area contributed by atoms with Gasteiger partial charge in [0.25, 0.3) is 5.91 Å². The summed E-state index contributed by atoms with van der Waals surface area (Å²) in [4.78, 5) is 12.5. The van der Waals surface area contributed by atoms with Crippen LogP contribution in [0.4, 0.5) is 32.0 Å². The Kier molecular flexibility index (Phi) is 4.87. The lowest BCUT2D eigenvalue weighted by molar-refractivity contribution is -0.126. The molecular weight excluding hydrogens is 302 g/mol. The Balaban J connectivity index is 3.12. The van der Waals surface area contributed by atoms with E-state index in [1.54, 1.807) is 5.32 Å². The second kappa shape index (κ2) is 6.06. The van der Waals surface area contributed by atoms with Crippen molar-refractivity contribution in [2.75, 3.05) is 19.4 Å². The zero-order valence-electron chi connectivity index (χ0n) is 10.9. The maximum atomic E-state index is 13.3. The van der Waals surface area contributed by atoms with Crippen LogP contribution in [0.3, 0.4) is 0 Å². The molecule has 0 bridgehead atoms. The molecule has 1 aromatic carbocycles. The number of benzene rings is 1. The van der Waals surface area contributed by atoms with Gasteiger partial charge in [0.05, 0.1) is 5.69 Å². The number of nitrogens with zero attached hydrogens (tertiary/aromatic N) is 1. The monoisotopic (exact) mass is 312 g/mol. The highest BCUT2D eigenvalue weighted by Gasteiger charge is 2.39. The van der Waals surface area contributed by atoms with E-state index >= 15 is 0 Å². The highest BCUT2D eigenvalue weighted by atomic mass is 19.4. The van der Waals surface area contributed by atoms with Crippen molar-refractivity contribution in [2.45, 2.75) is 6.18 Å². The smallest absolute Gasteiger partial charge is 0.383 e. The number of alkyl halides is 3. The van der Waals surface area contributed by atoms with Gasteiger partial charge in [0.15, 0.2) is 17.5 Å². The molecule has 9 heteroatoms. The summed E-state index contributed by atoms with van der Waals surface area (Å²) in [5, 5.41) is 1.55. The van der Waals surface area contributed by atoms with Crippen molar-refractivity contribution < 1.29 is 31.1 Å². The highest BCUT2D eigenvalue weighted by molar-refractivity contribution is 6.04. The van der Waals surface area contributed by atoms with Gasteiger partial charge >= 0.3 is 6.18 Å². The quantitative estimate of drug-likeness (QED) is 0.528. The molecule has 0 aliphatic carbocycles. The molecule has 0 unspecified atom stereocenters. The molecule has 116 valence electrons. The molecule has 0 fully saturated rings. The van der Waals surface area contributed by atoms with Crippen LogP contribution in [0.1, 0.15) is 0 Å². The number of anilines is 1. The van der Waals surface area contributed by atoms with E-state index in [0.717, 1.165) is 4.90 Å². The maximum Gasteiger partial charge on any atom is 0.423 e. The lowest BCUT2D eigenvalue weighted by Crippen LogP contribution is -2.28. The molecule has 3 nitrogen and oxygen atoms in total. The number of rotatable bonds is 3. The van der Waals surface area contributed by atoms with Gasteiger partial charge in [0, 0.05) is 20.3 Å². The van der Waals surface area contributed by atoms with Crippen molar-refractivity contribution in [1.82, 2.24) is 4.90 Å². The Labute approximate surface area is 115 Å². The summed E-state index contributed by atoms with van der Waals surface area (Å²) < 4.78 is 77.0. The minimum Gasteiger partial charge on any atom is -0.383 e. The molecule has 0 atom stereocenters. The number of hydrogen-bond donors (Lipinski definition) is 1. The Morgan fingerprint density at radius 3 is 2.19 bits per heavy atom. The SMILES string of the molecule is CN(C)C=C(C(=O)Nc1ccc(F)c(F)c1F)C(F)(F)F. The number of amides is 1. The molecule has 1 amide bonds. The number of hydrogen-bond acceptors (Lipinski definition) is 2. The third-order valence-corrected chi connectivity index (χ3v) is 2.22. The zero-order chi connectivity index (χ0) is 16.4. The summed E-state index contributed by atoms with van der Waals surface area (Å²) in [5.41, 5.74) is -2.51. The Bertz CT molecular complexity index is 580. The summed E-state index contributed by atoms with van der Waals surface area (Å²) in [6.07, 6.45) is -4.52. The molecule has 0 spiro atoms. The minimum atomic E-state index is -5.00. The molecule has 21 heavy (non-hydrogen) atoms. The van der Waals surface area contributed by atoms with Gasteiger partial charge in [-0.1, -0.05) is 0 Å². The van der Waals surface area contributed by atoms with Crippen LogP contribution in [0.15, 0.2) is 23.9 Å². The molecule has 0 aliphatic rings. The normalized spacial score (nSPS) is 12.3. The average molecular weight is 312 g/mol. The summed E-state index contributed by atoms with van der Waals surface area (Å²) in [6.45, 7) is 0. The van der Waals surface area contributed by atoms with Crippen LogP contribution in [0.5, 0.6) is 0 Å². The van der Waals surface area contributed by atoms with Crippen molar-refractivity contribution in [1.29, 1.82) is 0 Å². The van der Waals surface area contributed by atoms with Gasteiger partial charge in [-0.25, -0.2) is 13.2 Å². The first-order valence-corrected chi connectivity index (χ1v) is 5.44.